The predicted octanol–water partition coefficient (Wildman–Crippen LogP) is 4.72. The molecule has 0 aliphatic heterocycles. The summed E-state index contributed by atoms with van der Waals surface area (Å²) in [5.41, 5.74) is 1.60. The number of nitrogens with zero attached hydrogens (tertiary/aromatic N) is 3. The van der Waals surface area contributed by atoms with Gasteiger partial charge in [-0.05, 0) is 68.0 Å². The molecular formula is C25H23F3N4O4S. The van der Waals surface area contributed by atoms with E-state index in [4.69, 9.17) is 4.74 Å². The highest BCUT2D eigenvalue weighted by Gasteiger charge is 2.48. The Morgan fingerprint density at radius 1 is 1.08 bits per heavy atom. The molecule has 0 bridgehead atoms. The minimum atomic E-state index is -4.18. The molecule has 194 valence electrons. The summed E-state index contributed by atoms with van der Waals surface area (Å²) < 4.78 is 73.8. The van der Waals surface area contributed by atoms with Crippen LogP contribution >= 0.6 is 0 Å². The number of rotatable bonds is 6. The van der Waals surface area contributed by atoms with Crippen LogP contribution in [0.1, 0.15) is 25.7 Å². The highest BCUT2D eigenvalue weighted by Crippen LogP contribution is 2.49. The second kappa shape index (κ2) is 9.33. The van der Waals surface area contributed by atoms with Crippen LogP contribution in [0.15, 0.2) is 75.9 Å². The molecule has 2 aliphatic carbocycles. The number of allylic oxidation sites excluding steroid dienone is 3. The van der Waals surface area contributed by atoms with Gasteiger partial charge in [0.15, 0.2) is 0 Å². The minimum Gasteiger partial charge on any atom is -0.495 e. The maximum Gasteiger partial charge on any atom is 0.391 e. The lowest BCUT2D eigenvalue weighted by molar-refractivity contribution is -0.201. The van der Waals surface area contributed by atoms with Crippen molar-refractivity contribution >= 4 is 32.6 Å². The van der Waals surface area contributed by atoms with Gasteiger partial charge in [0.1, 0.15) is 5.76 Å². The molecule has 3 aromatic rings. The van der Waals surface area contributed by atoms with Crippen molar-refractivity contribution < 1.29 is 26.3 Å². The van der Waals surface area contributed by atoms with Crippen LogP contribution < -0.4 is 10.3 Å². The van der Waals surface area contributed by atoms with Crippen LogP contribution in [0.2, 0.25) is 0 Å². The van der Waals surface area contributed by atoms with E-state index >= 15 is 0 Å². The molecule has 0 unspecified atom stereocenters. The first-order chi connectivity index (χ1) is 17.6. The van der Waals surface area contributed by atoms with Crippen LogP contribution in [0.3, 0.4) is 0 Å². The van der Waals surface area contributed by atoms with Crippen LogP contribution in [0.25, 0.3) is 16.6 Å². The third-order valence-electron chi connectivity index (χ3n) is 6.83. The maximum absolute atomic E-state index is 12.9. The van der Waals surface area contributed by atoms with E-state index in [9.17, 15) is 26.4 Å². The van der Waals surface area contributed by atoms with Crippen molar-refractivity contribution in [2.45, 2.75) is 36.8 Å². The second-order valence-corrected chi connectivity index (χ2v) is 10.7. The van der Waals surface area contributed by atoms with E-state index in [1.165, 1.54) is 54.4 Å². The summed E-state index contributed by atoms with van der Waals surface area (Å²) in [6, 6.07) is 8.80. The van der Waals surface area contributed by atoms with Gasteiger partial charge in [0.2, 0.25) is 5.95 Å². The van der Waals surface area contributed by atoms with E-state index in [-0.39, 0.29) is 35.2 Å². The Morgan fingerprint density at radius 3 is 2.49 bits per heavy atom. The lowest BCUT2D eigenvalue weighted by Crippen LogP contribution is -2.37. The molecular weight excluding hydrogens is 509 g/mol. The van der Waals surface area contributed by atoms with Gasteiger partial charge in [0, 0.05) is 23.8 Å². The van der Waals surface area contributed by atoms with Crippen molar-refractivity contribution in [1.82, 2.24) is 14.5 Å². The third-order valence-corrected chi connectivity index (χ3v) is 8.16. The lowest BCUT2D eigenvalue weighted by atomic mass is 9.69. The Hall–Kier alpha value is -3.67. The Labute approximate surface area is 210 Å². The third kappa shape index (κ3) is 4.85. The quantitative estimate of drug-likeness (QED) is 0.493. The molecule has 1 N–H and O–H groups in total. The number of benzene rings is 1. The largest absolute Gasteiger partial charge is 0.495 e. The molecule has 8 nitrogen and oxygen atoms in total. The molecule has 1 aromatic carbocycles. The van der Waals surface area contributed by atoms with Gasteiger partial charge in [0.05, 0.1) is 29.1 Å². The van der Waals surface area contributed by atoms with Crippen LogP contribution in [-0.4, -0.2) is 36.2 Å². The summed E-state index contributed by atoms with van der Waals surface area (Å²) in [5, 5.41) is 0.501. The summed E-state index contributed by atoms with van der Waals surface area (Å²) in [6.45, 7) is 0. The van der Waals surface area contributed by atoms with Crippen LogP contribution in [0.4, 0.5) is 19.1 Å². The zero-order valence-electron chi connectivity index (χ0n) is 19.7. The van der Waals surface area contributed by atoms with E-state index in [1.54, 1.807) is 12.1 Å². The number of nitrogens with one attached hydrogen (secondary N) is 1. The van der Waals surface area contributed by atoms with Crippen LogP contribution in [0.5, 0.6) is 0 Å². The lowest BCUT2D eigenvalue weighted by Gasteiger charge is -2.39. The van der Waals surface area contributed by atoms with Crippen molar-refractivity contribution in [3.63, 3.8) is 0 Å². The molecule has 0 spiro atoms. The summed E-state index contributed by atoms with van der Waals surface area (Å²) in [6.07, 6.45) is 1.42. The number of sulfonamides is 1. The van der Waals surface area contributed by atoms with Crippen LogP contribution in [0, 0.1) is 11.8 Å². The minimum absolute atomic E-state index is 0.0337. The van der Waals surface area contributed by atoms with Gasteiger partial charge in [-0.3, -0.25) is 9.36 Å². The zero-order valence-corrected chi connectivity index (χ0v) is 20.5. The van der Waals surface area contributed by atoms with E-state index in [2.05, 4.69) is 14.7 Å². The molecule has 1 fully saturated rings. The fourth-order valence-corrected chi connectivity index (χ4v) is 5.81. The molecule has 2 aliphatic rings. The average molecular weight is 533 g/mol. The molecule has 0 atom stereocenters. The van der Waals surface area contributed by atoms with Gasteiger partial charge < -0.3 is 4.74 Å². The molecule has 37 heavy (non-hydrogen) atoms. The van der Waals surface area contributed by atoms with Crippen molar-refractivity contribution in [3.05, 3.63) is 76.6 Å². The highest BCUT2D eigenvalue weighted by molar-refractivity contribution is 7.92. The smallest absolute Gasteiger partial charge is 0.391 e. The Morgan fingerprint density at radius 2 is 1.81 bits per heavy atom. The predicted molar refractivity (Wildman–Crippen MR) is 131 cm³/mol. The summed E-state index contributed by atoms with van der Waals surface area (Å²) >= 11 is 0. The number of halogens is 3. The normalized spacial score (nSPS) is 20.4. The van der Waals surface area contributed by atoms with Gasteiger partial charge in [-0.2, -0.15) is 13.2 Å². The highest BCUT2D eigenvalue weighted by atomic mass is 32.2. The van der Waals surface area contributed by atoms with Gasteiger partial charge in [-0.1, -0.05) is 5.57 Å². The van der Waals surface area contributed by atoms with Crippen molar-refractivity contribution in [2.24, 2.45) is 11.8 Å². The SMILES string of the molecule is COC1=C(n2c(=O)ccc3cc(S(=O)(=O)Nc4ncccn4)ccc32)CCC([C@H]2C[C@H](C(F)(F)F)C2)=C1. The fraction of sp³-hybridized carbons (Fsp3) is 0.320. The standard InChI is InChI=1S/C25H23F3N4O4S/c1-36-22-14-15(17-11-18(12-17)25(26,27)28)3-6-21(22)32-20-7-5-19(13-16(20)4-8-23(32)33)37(34,35)31-24-29-9-2-10-30-24/h2,4-5,7-10,13-14,17-18H,3,6,11-12H2,1H3,(H,29,30,31)/t17-,18-. The van der Waals surface area contributed by atoms with E-state index in [0.717, 1.165) is 5.57 Å². The summed E-state index contributed by atoms with van der Waals surface area (Å²) in [7, 11) is -2.53. The van der Waals surface area contributed by atoms with Crippen molar-refractivity contribution in [1.29, 1.82) is 0 Å². The number of anilines is 1. The first kappa shape index (κ1) is 25.0. The first-order valence-electron chi connectivity index (χ1n) is 11.6. The second-order valence-electron chi connectivity index (χ2n) is 9.05. The number of alkyl halides is 3. The molecule has 5 rings (SSSR count). The first-order valence-corrected chi connectivity index (χ1v) is 13.1. The number of methoxy groups -OCH3 is 1. The molecule has 12 heteroatoms. The molecule has 0 amide bonds. The van der Waals surface area contributed by atoms with E-state index < -0.39 is 22.1 Å². The van der Waals surface area contributed by atoms with Crippen LogP contribution in [-0.2, 0) is 14.8 Å². The van der Waals surface area contributed by atoms with Gasteiger partial charge >= 0.3 is 6.18 Å². The number of fused-ring (bicyclic) bond motifs is 1. The molecule has 0 saturated heterocycles. The van der Waals surface area contributed by atoms with E-state index in [1.807, 2.05) is 0 Å². The molecule has 2 aromatic heterocycles. The zero-order chi connectivity index (χ0) is 26.4. The van der Waals surface area contributed by atoms with Crippen molar-refractivity contribution in [2.75, 3.05) is 11.8 Å². The van der Waals surface area contributed by atoms with Crippen molar-refractivity contribution in [3.8, 4) is 0 Å². The Balaban J connectivity index is 1.49. The average Bonchev–Trinajstić information content (AvgIpc) is 2.82. The molecule has 2 heterocycles. The molecule has 0 radical (unpaired) electrons. The number of hydrogen-bond acceptors (Lipinski definition) is 6. The Bertz CT molecular complexity index is 1570. The number of hydrogen-bond donors (Lipinski definition) is 1. The van der Waals surface area contributed by atoms with Gasteiger partial charge in [0.25, 0.3) is 15.6 Å². The monoisotopic (exact) mass is 532 g/mol. The maximum atomic E-state index is 12.9. The Kier molecular flexibility index (Phi) is 6.30. The number of pyridine rings is 1. The van der Waals surface area contributed by atoms with E-state index in [0.29, 0.717) is 35.2 Å². The summed E-state index contributed by atoms with van der Waals surface area (Å²) in [4.78, 5) is 20.6. The molecule has 1 saturated carbocycles. The number of ether oxygens (including phenoxy) is 1. The number of aromatic nitrogens is 3. The fourth-order valence-electron chi connectivity index (χ4n) is 4.82. The topological polar surface area (TPSA) is 103 Å². The summed E-state index contributed by atoms with van der Waals surface area (Å²) in [5.74, 6) is -1.09. The van der Waals surface area contributed by atoms with Gasteiger partial charge in [-0.25, -0.2) is 23.1 Å². The van der Waals surface area contributed by atoms with Gasteiger partial charge in [-0.15, -0.1) is 0 Å².